The number of aliphatic carboxylic acids is 1. The second kappa shape index (κ2) is 5.05. The highest BCUT2D eigenvalue weighted by Crippen LogP contribution is 2.20. The summed E-state index contributed by atoms with van der Waals surface area (Å²) < 4.78 is 10.00. The van der Waals surface area contributed by atoms with Crippen molar-refractivity contribution in [3.8, 4) is 5.75 Å². The normalized spacial score (nSPS) is 10.9. The van der Waals surface area contributed by atoms with E-state index in [0.29, 0.717) is 17.1 Å². The molecule has 0 fully saturated rings. The molecule has 1 aromatic carbocycles. The minimum Gasteiger partial charge on any atom is -0.497 e. The number of hydrogen-bond acceptors (Lipinski definition) is 3. The Bertz CT molecular complexity index is 382. The van der Waals surface area contributed by atoms with Crippen molar-refractivity contribution in [2.45, 2.75) is 0 Å². The summed E-state index contributed by atoms with van der Waals surface area (Å²) in [5.74, 6) is -0.100. The van der Waals surface area contributed by atoms with Gasteiger partial charge in [0.05, 0.1) is 20.3 Å². The second-order valence-corrected chi connectivity index (χ2v) is 2.78. The number of hydrogen-bond donors (Lipinski definition) is 1. The molecule has 4 nitrogen and oxygen atoms in total. The first kappa shape index (κ1) is 11.1. The van der Waals surface area contributed by atoms with Crippen LogP contribution in [0.2, 0.25) is 0 Å². The number of ether oxygens (including phenoxy) is 2. The van der Waals surface area contributed by atoms with Crippen LogP contribution in [0.4, 0.5) is 0 Å². The molecule has 0 amide bonds. The fraction of sp³-hybridized carbons (Fsp3) is 0.182. The highest BCUT2D eigenvalue weighted by molar-refractivity contribution is 5.88. The molecule has 15 heavy (non-hydrogen) atoms. The maximum Gasteiger partial charge on any atom is 0.332 e. The van der Waals surface area contributed by atoms with E-state index >= 15 is 0 Å². The first-order valence-electron chi connectivity index (χ1n) is 4.30. The van der Waals surface area contributed by atoms with E-state index < -0.39 is 5.97 Å². The van der Waals surface area contributed by atoms with Gasteiger partial charge in [-0.2, -0.15) is 0 Å². The summed E-state index contributed by atoms with van der Waals surface area (Å²) in [4.78, 5) is 10.5. The topological polar surface area (TPSA) is 55.8 Å². The van der Waals surface area contributed by atoms with Crippen LogP contribution < -0.4 is 4.74 Å². The second-order valence-electron chi connectivity index (χ2n) is 2.78. The monoisotopic (exact) mass is 208 g/mol. The van der Waals surface area contributed by atoms with E-state index in [0.717, 1.165) is 6.08 Å². The van der Waals surface area contributed by atoms with Gasteiger partial charge in [0.2, 0.25) is 0 Å². The van der Waals surface area contributed by atoms with Gasteiger partial charge in [-0.15, -0.1) is 0 Å². The zero-order chi connectivity index (χ0) is 11.3. The number of carbonyl (C=O) groups is 1. The lowest BCUT2D eigenvalue weighted by Gasteiger charge is -2.06. The molecular formula is C11H12O4. The van der Waals surface area contributed by atoms with Crippen LogP contribution in [0.25, 0.3) is 5.76 Å². The Hall–Kier alpha value is -1.97. The maximum atomic E-state index is 10.5. The van der Waals surface area contributed by atoms with Crippen molar-refractivity contribution in [2.24, 2.45) is 0 Å². The van der Waals surface area contributed by atoms with Crippen LogP contribution in [0.15, 0.2) is 30.3 Å². The van der Waals surface area contributed by atoms with Crippen molar-refractivity contribution in [3.63, 3.8) is 0 Å². The van der Waals surface area contributed by atoms with E-state index in [1.54, 1.807) is 31.4 Å². The van der Waals surface area contributed by atoms with Crippen molar-refractivity contribution < 1.29 is 19.4 Å². The predicted molar refractivity (Wildman–Crippen MR) is 55.6 cm³/mol. The fourth-order valence-electron chi connectivity index (χ4n) is 1.15. The van der Waals surface area contributed by atoms with Crippen LogP contribution in [0.5, 0.6) is 5.75 Å². The standard InChI is InChI=1S/C11H12O4/c1-14-9-5-3-4-8(6-9)10(15-2)7-11(12)13/h3-7H,1-2H3,(H,12,13). The zero-order valence-corrected chi connectivity index (χ0v) is 8.56. The summed E-state index contributed by atoms with van der Waals surface area (Å²) in [5, 5.41) is 8.62. The van der Waals surface area contributed by atoms with Crippen molar-refractivity contribution in [2.75, 3.05) is 14.2 Å². The summed E-state index contributed by atoms with van der Waals surface area (Å²) in [7, 11) is 2.97. The molecule has 1 aromatic rings. The molecule has 0 radical (unpaired) electrons. The first-order chi connectivity index (χ1) is 7.17. The Balaban J connectivity index is 3.07. The third kappa shape index (κ3) is 3.02. The molecule has 0 aliphatic carbocycles. The van der Waals surface area contributed by atoms with Crippen LogP contribution in [0, 0.1) is 0 Å². The zero-order valence-electron chi connectivity index (χ0n) is 8.56. The molecule has 0 aliphatic rings. The molecule has 1 N–H and O–H groups in total. The third-order valence-electron chi connectivity index (χ3n) is 1.83. The van der Waals surface area contributed by atoms with E-state index in [-0.39, 0.29) is 0 Å². The number of methoxy groups -OCH3 is 2. The van der Waals surface area contributed by atoms with Crippen molar-refractivity contribution in [1.82, 2.24) is 0 Å². The maximum absolute atomic E-state index is 10.5. The smallest absolute Gasteiger partial charge is 0.332 e. The molecule has 0 atom stereocenters. The highest BCUT2D eigenvalue weighted by Gasteiger charge is 2.04. The van der Waals surface area contributed by atoms with Gasteiger partial charge in [-0.1, -0.05) is 12.1 Å². The number of rotatable bonds is 4. The molecule has 1 rings (SSSR count). The molecule has 4 heteroatoms. The quantitative estimate of drug-likeness (QED) is 0.605. The van der Waals surface area contributed by atoms with E-state index in [4.69, 9.17) is 14.6 Å². The SMILES string of the molecule is COC(=CC(=O)O)c1cccc(OC)c1. The van der Waals surface area contributed by atoms with E-state index in [2.05, 4.69) is 0 Å². The van der Waals surface area contributed by atoms with Gasteiger partial charge in [0, 0.05) is 5.56 Å². The van der Waals surface area contributed by atoms with Gasteiger partial charge in [-0.3, -0.25) is 0 Å². The predicted octanol–water partition coefficient (Wildman–Crippen LogP) is 1.77. The lowest BCUT2D eigenvalue weighted by molar-refractivity contribution is -0.131. The van der Waals surface area contributed by atoms with Crippen molar-refractivity contribution >= 4 is 11.7 Å². The van der Waals surface area contributed by atoms with E-state index in [9.17, 15) is 4.79 Å². The lowest BCUT2D eigenvalue weighted by atomic mass is 10.1. The molecule has 80 valence electrons. The molecule has 0 unspecified atom stereocenters. The molecule has 0 aromatic heterocycles. The number of benzene rings is 1. The first-order valence-corrected chi connectivity index (χ1v) is 4.30. The van der Waals surface area contributed by atoms with Crippen molar-refractivity contribution in [3.05, 3.63) is 35.9 Å². The van der Waals surface area contributed by atoms with Gasteiger partial charge >= 0.3 is 5.97 Å². The Morgan fingerprint density at radius 3 is 2.67 bits per heavy atom. The van der Waals surface area contributed by atoms with Gasteiger partial charge in [-0.05, 0) is 12.1 Å². The Morgan fingerprint density at radius 1 is 1.40 bits per heavy atom. The minimum atomic E-state index is -1.05. The van der Waals surface area contributed by atoms with Gasteiger partial charge in [-0.25, -0.2) is 4.79 Å². The molecular weight excluding hydrogens is 196 g/mol. The number of carboxylic acid groups (broad SMARTS) is 1. The minimum absolute atomic E-state index is 0.293. The van der Waals surface area contributed by atoms with E-state index in [1.165, 1.54) is 7.11 Å². The van der Waals surface area contributed by atoms with E-state index in [1.807, 2.05) is 0 Å². The van der Waals surface area contributed by atoms with Crippen molar-refractivity contribution in [1.29, 1.82) is 0 Å². The highest BCUT2D eigenvalue weighted by atomic mass is 16.5. The Kier molecular flexibility index (Phi) is 3.74. The van der Waals surface area contributed by atoms with Gasteiger partial charge < -0.3 is 14.6 Å². The van der Waals surface area contributed by atoms with Crippen LogP contribution >= 0.6 is 0 Å². The van der Waals surface area contributed by atoms with Gasteiger partial charge in [0.1, 0.15) is 11.5 Å². The molecule has 0 spiro atoms. The summed E-state index contributed by atoms with van der Waals surface area (Å²) >= 11 is 0. The summed E-state index contributed by atoms with van der Waals surface area (Å²) in [6.45, 7) is 0. The largest absolute Gasteiger partial charge is 0.497 e. The lowest BCUT2D eigenvalue weighted by Crippen LogP contribution is -1.95. The average Bonchev–Trinajstić information content (AvgIpc) is 2.25. The van der Waals surface area contributed by atoms with Crippen LogP contribution in [-0.2, 0) is 9.53 Å². The van der Waals surface area contributed by atoms with Gasteiger partial charge in [0.25, 0.3) is 0 Å². The number of carboxylic acids is 1. The summed E-state index contributed by atoms with van der Waals surface area (Å²) in [6, 6.07) is 7.00. The molecule has 0 saturated carbocycles. The molecule has 0 bridgehead atoms. The Labute approximate surface area is 87.7 Å². The third-order valence-corrected chi connectivity index (χ3v) is 1.83. The van der Waals surface area contributed by atoms with Gasteiger partial charge in [0.15, 0.2) is 0 Å². The molecule has 0 aliphatic heterocycles. The summed E-state index contributed by atoms with van der Waals surface area (Å²) in [6.07, 6.45) is 1.01. The van der Waals surface area contributed by atoms with Crippen LogP contribution in [0.1, 0.15) is 5.56 Å². The molecule has 0 heterocycles. The Morgan fingerprint density at radius 2 is 2.13 bits per heavy atom. The average molecular weight is 208 g/mol. The molecule has 0 saturated heterocycles. The summed E-state index contributed by atoms with van der Waals surface area (Å²) in [5.41, 5.74) is 0.666. The van der Waals surface area contributed by atoms with Crippen LogP contribution in [-0.4, -0.2) is 25.3 Å². The fourth-order valence-corrected chi connectivity index (χ4v) is 1.15. The van der Waals surface area contributed by atoms with Crippen LogP contribution in [0.3, 0.4) is 0 Å².